The lowest BCUT2D eigenvalue weighted by Crippen LogP contribution is -2.15. The third-order valence-corrected chi connectivity index (χ3v) is 8.26. The van der Waals surface area contributed by atoms with Crippen LogP contribution in [0.4, 0.5) is 0 Å². The zero-order valence-electron chi connectivity index (χ0n) is 19.6. The lowest BCUT2D eigenvalue weighted by molar-refractivity contribution is 0.659. The van der Waals surface area contributed by atoms with Crippen LogP contribution < -0.4 is 0 Å². The normalized spacial score (nSPS) is 16.4. The van der Waals surface area contributed by atoms with Gasteiger partial charge in [-0.15, -0.1) is 0 Å². The van der Waals surface area contributed by atoms with E-state index in [1.54, 1.807) is 0 Å². The molecule has 1 heteroatoms. The van der Waals surface area contributed by atoms with Gasteiger partial charge in [0.15, 0.2) is 0 Å². The van der Waals surface area contributed by atoms with Gasteiger partial charge in [0.05, 0.1) is 5.52 Å². The summed E-state index contributed by atoms with van der Waals surface area (Å²) >= 11 is 0. The minimum absolute atomic E-state index is 0.00903. The van der Waals surface area contributed by atoms with Crippen molar-refractivity contribution in [1.29, 1.82) is 0 Å². The summed E-state index contributed by atoms with van der Waals surface area (Å²) in [6.07, 6.45) is 2.25. The molecule has 0 amide bonds. The molecule has 0 fully saturated rings. The predicted octanol–water partition coefficient (Wildman–Crippen LogP) is 8.24. The summed E-state index contributed by atoms with van der Waals surface area (Å²) in [6, 6.07) is 31.7. The van der Waals surface area contributed by atoms with E-state index in [0.29, 0.717) is 0 Å². The topological polar surface area (TPSA) is 4.93 Å². The van der Waals surface area contributed by atoms with Crippen LogP contribution in [0.2, 0.25) is 0 Å². The van der Waals surface area contributed by atoms with Gasteiger partial charge in [-0.05, 0) is 68.8 Å². The summed E-state index contributed by atoms with van der Waals surface area (Å²) in [5.74, 6) is 0. The summed E-state index contributed by atoms with van der Waals surface area (Å²) in [5, 5.41) is 1.34. The van der Waals surface area contributed by atoms with E-state index in [4.69, 9.17) is 0 Å². The van der Waals surface area contributed by atoms with Crippen LogP contribution in [0, 0.1) is 0 Å². The Morgan fingerprint density at radius 1 is 0.545 bits per heavy atom. The zero-order chi connectivity index (χ0) is 22.5. The van der Waals surface area contributed by atoms with Crippen LogP contribution in [0.15, 0.2) is 91.1 Å². The van der Waals surface area contributed by atoms with Crippen molar-refractivity contribution in [2.75, 3.05) is 0 Å². The Balaban J connectivity index is 1.44. The molecule has 0 radical (unpaired) electrons. The fraction of sp³-hybridized carbons (Fsp3) is 0.188. The van der Waals surface area contributed by atoms with Crippen LogP contribution in [0.3, 0.4) is 0 Å². The van der Waals surface area contributed by atoms with Gasteiger partial charge in [0, 0.05) is 28.1 Å². The molecule has 1 aromatic heterocycles. The second-order valence-corrected chi connectivity index (χ2v) is 10.7. The molecule has 2 aliphatic carbocycles. The number of hydrogen-bond donors (Lipinski definition) is 0. The van der Waals surface area contributed by atoms with Crippen molar-refractivity contribution in [1.82, 2.24) is 4.57 Å². The molecule has 0 spiro atoms. The molecule has 0 atom stereocenters. The van der Waals surface area contributed by atoms with Crippen molar-refractivity contribution in [2.45, 2.75) is 38.5 Å². The summed E-state index contributed by atoms with van der Waals surface area (Å²) < 4.78 is 2.36. The first kappa shape index (κ1) is 18.9. The summed E-state index contributed by atoms with van der Waals surface area (Å²) in [7, 11) is 0. The SMILES string of the molecule is CC1(C)c2ccccc2-c2ccc(-n3ccc4c5c(ccc43)C(C)(C)c3ccccc3-5)cc21. The highest BCUT2D eigenvalue weighted by molar-refractivity contribution is 6.02. The maximum Gasteiger partial charge on any atom is 0.0534 e. The average molecular weight is 426 g/mol. The maximum atomic E-state index is 2.40. The number of nitrogens with zero attached hydrogens (tertiary/aromatic N) is 1. The van der Waals surface area contributed by atoms with Gasteiger partial charge in [-0.25, -0.2) is 0 Å². The average Bonchev–Trinajstić information content (AvgIpc) is 3.43. The molecule has 1 heterocycles. The predicted molar refractivity (Wildman–Crippen MR) is 138 cm³/mol. The lowest BCUT2D eigenvalue weighted by Gasteiger charge is -2.22. The minimum Gasteiger partial charge on any atom is -0.317 e. The fourth-order valence-corrected chi connectivity index (χ4v) is 6.49. The Kier molecular flexibility index (Phi) is 3.47. The number of rotatable bonds is 1. The van der Waals surface area contributed by atoms with Gasteiger partial charge >= 0.3 is 0 Å². The molecular formula is C32H27N. The fourth-order valence-electron chi connectivity index (χ4n) is 6.49. The molecule has 160 valence electrons. The van der Waals surface area contributed by atoms with Crippen molar-refractivity contribution in [3.8, 4) is 27.9 Å². The number of hydrogen-bond acceptors (Lipinski definition) is 0. The Hall–Kier alpha value is -3.58. The van der Waals surface area contributed by atoms with Gasteiger partial charge in [0.2, 0.25) is 0 Å². The van der Waals surface area contributed by atoms with E-state index in [-0.39, 0.29) is 10.8 Å². The first-order valence-electron chi connectivity index (χ1n) is 11.9. The Morgan fingerprint density at radius 3 is 1.97 bits per heavy atom. The maximum absolute atomic E-state index is 2.40. The summed E-state index contributed by atoms with van der Waals surface area (Å²) in [6.45, 7) is 9.39. The van der Waals surface area contributed by atoms with Gasteiger partial charge in [-0.1, -0.05) is 88.4 Å². The number of fused-ring (bicyclic) bond motifs is 8. The molecular weight excluding hydrogens is 398 g/mol. The molecule has 0 unspecified atom stereocenters. The molecule has 4 aromatic carbocycles. The quantitative estimate of drug-likeness (QED) is 0.255. The Labute approximate surface area is 195 Å². The highest BCUT2D eigenvalue weighted by Crippen LogP contribution is 2.52. The standard InChI is InChI=1S/C32H27N/c1-31(2)26-12-8-6-10-23(26)30-24-17-18-33(29(24)16-15-27(30)31)20-13-14-22-21-9-5-7-11-25(21)32(3,4)28(22)19-20/h5-19H,1-4H3. The van der Waals surface area contributed by atoms with Crippen LogP contribution in [0.1, 0.15) is 49.9 Å². The van der Waals surface area contributed by atoms with Crippen molar-refractivity contribution in [3.63, 3.8) is 0 Å². The van der Waals surface area contributed by atoms with Crippen LogP contribution >= 0.6 is 0 Å². The van der Waals surface area contributed by atoms with E-state index in [2.05, 4.69) is 123 Å². The van der Waals surface area contributed by atoms with Gasteiger partial charge in [0.25, 0.3) is 0 Å². The molecule has 5 aromatic rings. The van der Waals surface area contributed by atoms with E-state index in [1.807, 2.05) is 0 Å². The molecule has 2 aliphatic rings. The highest BCUT2D eigenvalue weighted by atomic mass is 15.0. The summed E-state index contributed by atoms with van der Waals surface area (Å²) in [4.78, 5) is 0. The monoisotopic (exact) mass is 425 g/mol. The molecule has 1 nitrogen and oxygen atoms in total. The number of aromatic nitrogens is 1. The summed E-state index contributed by atoms with van der Waals surface area (Å²) in [5.41, 5.74) is 13.8. The van der Waals surface area contributed by atoms with E-state index in [0.717, 1.165) is 0 Å². The molecule has 33 heavy (non-hydrogen) atoms. The van der Waals surface area contributed by atoms with Crippen molar-refractivity contribution in [3.05, 3.63) is 113 Å². The third kappa shape index (κ3) is 2.27. The first-order chi connectivity index (χ1) is 15.9. The van der Waals surface area contributed by atoms with E-state index in [9.17, 15) is 0 Å². The third-order valence-electron chi connectivity index (χ3n) is 8.26. The van der Waals surface area contributed by atoms with E-state index < -0.39 is 0 Å². The van der Waals surface area contributed by atoms with Crippen LogP contribution in [0.5, 0.6) is 0 Å². The second-order valence-electron chi connectivity index (χ2n) is 10.7. The highest BCUT2D eigenvalue weighted by Gasteiger charge is 2.37. The van der Waals surface area contributed by atoms with E-state index in [1.165, 1.54) is 61.1 Å². The van der Waals surface area contributed by atoms with Crippen molar-refractivity contribution >= 4 is 10.9 Å². The smallest absolute Gasteiger partial charge is 0.0534 e. The molecule has 0 bridgehead atoms. The zero-order valence-corrected chi connectivity index (χ0v) is 19.6. The largest absolute Gasteiger partial charge is 0.317 e. The molecule has 0 N–H and O–H groups in total. The van der Waals surface area contributed by atoms with Crippen LogP contribution in [-0.2, 0) is 10.8 Å². The Bertz CT molecular complexity index is 1610. The molecule has 0 aliphatic heterocycles. The van der Waals surface area contributed by atoms with Crippen LogP contribution in [0.25, 0.3) is 38.8 Å². The van der Waals surface area contributed by atoms with Gasteiger partial charge < -0.3 is 4.57 Å². The molecule has 0 saturated heterocycles. The van der Waals surface area contributed by atoms with Crippen molar-refractivity contribution < 1.29 is 0 Å². The lowest BCUT2D eigenvalue weighted by atomic mass is 9.82. The van der Waals surface area contributed by atoms with Crippen LogP contribution in [-0.4, -0.2) is 4.57 Å². The molecule has 0 saturated carbocycles. The minimum atomic E-state index is 0.00903. The van der Waals surface area contributed by atoms with Crippen molar-refractivity contribution in [2.24, 2.45) is 0 Å². The van der Waals surface area contributed by atoms with Gasteiger partial charge in [-0.2, -0.15) is 0 Å². The number of benzene rings is 4. The van der Waals surface area contributed by atoms with Gasteiger partial charge in [-0.3, -0.25) is 0 Å². The Morgan fingerprint density at radius 2 is 1.18 bits per heavy atom. The second kappa shape index (κ2) is 6.05. The molecule has 7 rings (SSSR count). The van der Waals surface area contributed by atoms with E-state index >= 15 is 0 Å². The van der Waals surface area contributed by atoms with Gasteiger partial charge in [0.1, 0.15) is 0 Å². The first-order valence-corrected chi connectivity index (χ1v) is 11.9.